The molecule has 1 aromatic heterocycles. The number of halogens is 1. The average molecular weight is 382 g/mol. The normalized spacial score (nSPS) is 10.6. The molecule has 0 aliphatic carbocycles. The van der Waals surface area contributed by atoms with Crippen molar-refractivity contribution >= 4 is 22.6 Å². The number of aromatic nitrogens is 1. The molecule has 2 rings (SSSR count). The Hall–Kier alpha value is -1.14. The molecule has 0 atom stereocenters. The number of benzene rings is 1. The summed E-state index contributed by atoms with van der Waals surface area (Å²) in [6.07, 6.45) is 1.13. The first-order valence-corrected chi connectivity index (χ1v) is 7.87. The predicted octanol–water partition coefficient (Wildman–Crippen LogP) is 4.29. The van der Waals surface area contributed by atoms with Gasteiger partial charge in [-0.1, -0.05) is 13.0 Å². The first kappa shape index (κ1) is 15.3. The number of hydrogen-bond acceptors (Lipinski definition) is 3. The van der Waals surface area contributed by atoms with Gasteiger partial charge in [-0.15, -0.1) is 0 Å². The maximum absolute atomic E-state index is 5.84. The van der Waals surface area contributed by atoms with Crippen LogP contribution in [-0.4, -0.2) is 11.5 Å². The lowest BCUT2D eigenvalue weighted by molar-refractivity contribution is 0.460. The molecule has 20 heavy (non-hydrogen) atoms. The number of ether oxygens (including phenoxy) is 1. The first-order chi connectivity index (χ1) is 9.67. The molecule has 0 spiro atoms. The summed E-state index contributed by atoms with van der Waals surface area (Å²) in [6, 6.07) is 12.0. The molecule has 2 aromatic rings. The van der Waals surface area contributed by atoms with E-state index in [1.807, 2.05) is 37.3 Å². The van der Waals surface area contributed by atoms with E-state index in [1.165, 1.54) is 5.56 Å². The molecule has 0 radical (unpaired) electrons. The molecule has 0 unspecified atom stereocenters. The molecule has 0 saturated carbocycles. The van der Waals surface area contributed by atoms with Crippen LogP contribution in [-0.2, 0) is 6.54 Å². The summed E-state index contributed by atoms with van der Waals surface area (Å²) in [6.45, 7) is 6.02. The summed E-state index contributed by atoms with van der Waals surface area (Å²) in [5.41, 5.74) is 2.17. The van der Waals surface area contributed by atoms with Crippen LogP contribution in [0.25, 0.3) is 0 Å². The van der Waals surface area contributed by atoms with Crippen LogP contribution in [0.5, 0.6) is 11.6 Å². The molecule has 0 amide bonds. The van der Waals surface area contributed by atoms with E-state index in [-0.39, 0.29) is 0 Å². The third kappa shape index (κ3) is 4.76. The average Bonchev–Trinajstić information content (AvgIpc) is 2.38. The lowest BCUT2D eigenvalue weighted by atomic mass is 10.2. The molecule has 1 aromatic carbocycles. The van der Waals surface area contributed by atoms with Gasteiger partial charge in [-0.3, -0.25) is 0 Å². The topological polar surface area (TPSA) is 34.2 Å². The van der Waals surface area contributed by atoms with E-state index in [2.05, 4.69) is 45.9 Å². The molecular weight excluding hydrogens is 363 g/mol. The second-order valence-electron chi connectivity index (χ2n) is 4.69. The summed E-state index contributed by atoms with van der Waals surface area (Å²) in [5, 5.41) is 3.39. The maximum Gasteiger partial charge on any atom is 0.219 e. The van der Waals surface area contributed by atoms with Crippen molar-refractivity contribution < 1.29 is 4.74 Å². The van der Waals surface area contributed by atoms with Crippen LogP contribution >= 0.6 is 22.6 Å². The van der Waals surface area contributed by atoms with E-state index in [9.17, 15) is 0 Å². The minimum atomic E-state index is 0.653. The second kappa shape index (κ2) is 7.59. The van der Waals surface area contributed by atoms with Crippen molar-refractivity contribution in [2.75, 3.05) is 6.54 Å². The Balaban J connectivity index is 2.11. The van der Waals surface area contributed by atoms with Crippen LogP contribution in [0, 0.1) is 10.5 Å². The summed E-state index contributed by atoms with van der Waals surface area (Å²) in [4.78, 5) is 4.43. The van der Waals surface area contributed by atoms with Crippen molar-refractivity contribution in [3.05, 3.63) is 51.2 Å². The van der Waals surface area contributed by atoms with Gasteiger partial charge >= 0.3 is 0 Å². The summed E-state index contributed by atoms with van der Waals surface area (Å²) in [5.74, 6) is 1.47. The van der Waals surface area contributed by atoms with E-state index >= 15 is 0 Å². The van der Waals surface area contributed by atoms with Crippen molar-refractivity contribution in [3.63, 3.8) is 0 Å². The fourth-order valence-corrected chi connectivity index (χ4v) is 2.44. The molecule has 1 heterocycles. The molecule has 0 aliphatic rings. The highest BCUT2D eigenvalue weighted by molar-refractivity contribution is 14.1. The van der Waals surface area contributed by atoms with Gasteiger partial charge in [0.1, 0.15) is 5.75 Å². The fourth-order valence-electron chi connectivity index (χ4n) is 1.92. The van der Waals surface area contributed by atoms with Gasteiger partial charge < -0.3 is 10.1 Å². The Bertz CT molecular complexity index is 572. The van der Waals surface area contributed by atoms with Crippen LogP contribution in [0.4, 0.5) is 0 Å². The Morgan fingerprint density at radius 3 is 2.85 bits per heavy atom. The van der Waals surface area contributed by atoms with Crippen molar-refractivity contribution in [2.45, 2.75) is 26.8 Å². The van der Waals surface area contributed by atoms with Crippen LogP contribution in [0.2, 0.25) is 0 Å². The van der Waals surface area contributed by atoms with Gasteiger partial charge in [0.05, 0.1) is 0 Å². The predicted molar refractivity (Wildman–Crippen MR) is 90.2 cm³/mol. The highest BCUT2D eigenvalue weighted by atomic mass is 127. The van der Waals surface area contributed by atoms with Crippen LogP contribution in [0.1, 0.15) is 24.6 Å². The van der Waals surface area contributed by atoms with E-state index in [0.29, 0.717) is 5.88 Å². The van der Waals surface area contributed by atoms with Crippen LogP contribution in [0.15, 0.2) is 36.4 Å². The smallest absolute Gasteiger partial charge is 0.219 e. The maximum atomic E-state index is 5.84. The number of hydrogen-bond donors (Lipinski definition) is 1. The first-order valence-electron chi connectivity index (χ1n) is 6.79. The monoisotopic (exact) mass is 382 g/mol. The minimum Gasteiger partial charge on any atom is -0.439 e. The van der Waals surface area contributed by atoms with Crippen molar-refractivity contribution in [1.29, 1.82) is 0 Å². The highest BCUT2D eigenvalue weighted by Crippen LogP contribution is 2.22. The quantitative estimate of drug-likeness (QED) is 0.598. The van der Waals surface area contributed by atoms with Crippen LogP contribution < -0.4 is 10.1 Å². The van der Waals surface area contributed by atoms with Gasteiger partial charge in [0.15, 0.2) is 0 Å². The van der Waals surface area contributed by atoms with E-state index in [0.717, 1.165) is 34.5 Å². The minimum absolute atomic E-state index is 0.653. The zero-order valence-corrected chi connectivity index (χ0v) is 14.0. The molecule has 0 saturated heterocycles. The Labute approximate surface area is 133 Å². The molecule has 1 N–H and O–H groups in total. The standard InChI is InChI=1S/C16H19IN2O/c1-3-7-18-11-13-8-12(2)19-16(9-13)20-15-6-4-5-14(17)10-15/h4-6,8-10,18H,3,7,11H2,1-2H3. The lowest BCUT2D eigenvalue weighted by Crippen LogP contribution is -2.14. The highest BCUT2D eigenvalue weighted by Gasteiger charge is 2.03. The lowest BCUT2D eigenvalue weighted by Gasteiger charge is -2.09. The largest absolute Gasteiger partial charge is 0.439 e. The van der Waals surface area contributed by atoms with Gasteiger partial charge in [-0.05, 0) is 72.3 Å². The van der Waals surface area contributed by atoms with Gasteiger partial charge in [0.2, 0.25) is 5.88 Å². The van der Waals surface area contributed by atoms with E-state index < -0.39 is 0 Å². The van der Waals surface area contributed by atoms with Crippen molar-refractivity contribution in [3.8, 4) is 11.6 Å². The number of rotatable bonds is 6. The Kier molecular flexibility index (Phi) is 5.79. The van der Waals surface area contributed by atoms with Gasteiger partial charge in [-0.2, -0.15) is 0 Å². The van der Waals surface area contributed by atoms with Gasteiger partial charge in [0, 0.05) is 21.9 Å². The zero-order chi connectivity index (χ0) is 14.4. The fraction of sp³-hybridized carbons (Fsp3) is 0.312. The SMILES string of the molecule is CCCNCc1cc(C)nc(Oc2cccc(I)c2)c1. The second-order valence-corrected chi connectivity index (χ2v) is 5.94. The number of nitrogens with one attached hydrogen (secondary N) is 1. The van der Waals surface area contributed by atoms with E-state index in [4.69, 9.17) is 4.74 Å². The molecule has 0 bridgehead atoms. The number of pyridine rings is 1. The number of nitrogens with zero attached hydrogens (tertiary/aromatic N) is 1. The molecule has 4 heteroatoms. The Morgan fingerprint density at radius 2 is 2.10 bits per heavy atom. The molecular formula is C16H19IN2O. The van der Waals surface area contributed by atoms with E-state index in [1.54, 1.807) is 0 Å². The van der Waals surface area contributed by atoms with Crippen molar-refractivity contribution in [1.82, 2.24) is 10.3 Å². The van der Waals surface area contributed by atoms with Crippen LogP contribution in [0.3, 0.4) is 0 Å². The molecule has 106 valence electrons. The van der Waals surface area contributed by atoms with Crippen molar-refractivity contribution in [2.24, 2.45) is 0 Å². The van der Waals surface area contributed by atoms with Gasteiger partial charge in [-0.25, -0.2) is 4.98 Å². The molecule has 0 aliphatic heterocycles. The molecule has 0 fully saturated rings. The van der Waals surface area contributed by atoms with Gasteiger partial charge in [0.25, 0.3) is 0 Å². The summed E-state index contributed by atoms with van der Waals surface area (Å²) < 4.78 is 6.99. The summed E-state index contributed by atoms with van der Waals surface area (Å²) >= 11 is 2.27. The Morgan fingerprint density at radius 1 is 1.25 bits per heavy atom. The third-order valence-electron chi connectivity index (χ3n) is 2.76. The summed E-state index contributed by atoms with van der Waals surface area (Å²) in [7, 11) is 0. The zero-order valence-electron chi connectivity index (χ0n) is 11.8. The third-order valence-corrected chi connectivity index (χ3v) is 3.44. The molecule has 3 nitrogen and oxygen atoms in total. The number of aryl methyl sites for hydroxylation is 1.